The Labute approximate surface area is 144 Å². The lowest BCUT2D eigenvalue weighted by Crippen LogP contribution is -2.36. The van der Waals surface area contributed by atoms with Crippen molar-refractivity contribution >= 4 is 33.6 Å². The van der Waals surface area contributed by atoms with Crippen molar-refractivity contribution in [2.24, 2.45) is 5.14 Å². The first-order valence-electron chi connectivity index (χ1n) is 7.31. The molecule has 0 bridgehead atoms. The van der Waals surface area contributed by atoms with Crippen molar-refractivity contribution in [1.82, 2.24) is 14.9 Å². The maximum Gasteiger partial charge on any atom is 0.323 e. The molecule has 0 aliphatic carbocycles. The number of nitrogens with two attached hydrogens (primary N) is 1. The molecule has 0 fully saturated rings. The molecule has 2 heterocycles. The fourth-order valence-corrected chi connectivity index (χ4v) is 2.83. The van der Waals surface area contributed by atoms with Crippen LogP contribution in [0.1, 0.15) is 11.1 Å². The number of hydrogen-bond acceptors (Lipinski definition) is 6. The molecule has 1 aliphatic heterocycles. The van der Waals surface area contributed by atoms with E-state index < -0.39 is 10.2 Å². The minimum atomic E-state index is -3.79. The highest BCUT2D eigenvalue weighted by atomic mass is 32.2. The van der Waals surface area contributed by atoms with Gasteiger partial charge in [-0.15, -0.1) is 0 Å². The summed E-state index contributed by atoms with van der Waals surface area (Å²) >= 11 is 0. The van der Waals surface area contributed by atoms with Gasteiger partial charge in [-0.3, -0.25) is 10.0 Å². The first-order valence-corrected chi connectivity index (χ1v) is 8.86. The number of rotatable bonds is 5. The number of amides is 2. The maximum absolute atomic E-state index is 11.7. The third kappa shape index (κ3) is 4.14. The summed E-state index contributed by atoms with van der Waals surface area (Å²) in [4.78, 5) is 21.5. The van der Waals surface area contributed by atoms with Crippen molar-refractivity contribution in [3.05, 3.63) is 41.7 Å². The van der Waals surface area contributed by atoms with Crippen LogP contribution < -0.4 is 20.5 Å². The highest BCUT2D eigenvalue weighted by Crippen LogP contribution is 2.25. The molecule has 1 aromatic carbocycles. The Kier molecular flexibility index (Phi) is 4.42. The number of nitrogens with one attached hydrogen (secondary N) is 3. The second-order valence-corrected chi connectivity index (χ2v) is 6.83. The predicted molar refractivity (Wildman–Crippen MR) is 93.0 cm³/mol. The SMILES string of the molecule is CN1Cc2c(NCc3ccc(NS(N)(=O)=O)cc3)ncnc2NC1=O. The van der Waals surface area contributed by atoms with Gasteiger partial charge in [0.25, 0.3) is 10.2 Å². The summed E-state index contributed by atoms with van der Waals surface area (Å²) in [7, 11) is -2.10. The van der Waals surface area contributed by atoms with Crippen molar-refractivity contribution in [2.45, 2.75) is 13.1 Å². The monoisotopic (exact) mass is 363 g/mol. The highest BCUT2D eigenvalue weighted by molar-refractivity contribution is 7.90. The van der Waals surface area contributed by atoms with Crippen molar-refractivity contribution in [2.75, 3.05) is 22.4 Å². The van der Waals surface area contributed by atoms with Gasteiger partial charge in [0, 0.05) is 19.3 Å². The summed E-state index contributed by atoms with van der Waals surface area (Å²) in [6.07, 6.45) is 1.38. The summed E-state index contributed by atoms with van der Waals surface area (Å²) in [6, 6.07) is 6.55. The van der Waals surface area contributed by atoms with Crippen molar-refractivity contribution in [3.63, 3.8) is 0 Å². The molecule has 2 amide bonds. The van der Waals surface area contributed by atoms with Gasteiger partial charge in [-0.2, -0.15) is 8.42 Å². The van der Waals surface area contributed by atoms with Crippen LogP contribution in [-0.2, 0) is 23.3 Å². The zero-order valence-electron chi connectivity index (χ0n) is 13.4. The Hall–Kier alpha value is -2.92. The van der Waals surface area contributed by atoms with Crippen LogP contribution in [0.15, 0.2) is 30.6 Å². The topological polar surface area (TPSA) is 142 Å². The van der Waals surface area contributed by atoms with Gasteiger partial charge < -0.3 is 10.2 Å². The first-order chi connectivity index (χ1) is 11.8. The number of urea groups is 1. The molecule has 0 spiro atoms. The molecule has 0 atom stereocenters. The van der Waals surface area contributed by atoms with Gasteiger partial charge in [0.1, 0.15) is 18.0 Å². The summed E-state index contributed by atoms with van der Waals surface area (Å²) < 4.78 is 24.2. The Morgan fingerprint density at radius 1 is 1.28 bits per heavy atom. The molecule has 25 heavy (non-hydrogen) atoms. The van der Waals surface area contributed by atoms with E-state index in [4.69, 9.17) is 5.14 Å². The Balaban J connectivity index is 1.70. The molecule has 0 unspecified atom stereocenters. The van der Waals surface area contributed by atoms with Crippen LogP contribution in [0.2, 0.25) is 0 Å². The minimum Gasteiger partial charge on any atom is -0.366 e. The van der Waals surface area contributed by atoms with E-state index in [-0.39, 0.29) is 6.03 Å². The Morgan fingerprint density at radius 2 is 2.00 bits per heavy atom. The largest absolute Gasteiger partial charge is 0.366 e. The van der Waals surface area contributed by atoms with Crippen LogP contribution in [0.3, 0.4) is 0 Å². The highest BCUT2D eigenvalue weighted by Gasteiger charge is 2.23. The van der Waals surface area contributed by atoms with E-state index in [1.165, 1.54) is 11.2 Å². The number of carbonyl (C=O) groups is 1. The maximum atomic E-state index is 11.7. The molecule has 10 nitrogen and oxygen atoms in total. The van der Waals surface area contributed by atoms with E-state index in [1.54, 1.807) is 31.3 Å². The summed E-state index contributed by atoms with van der Waals surface area (Å²) in [6.45, 7) is 0.873. The number of benzene rings is 1. The second-order valence-electron chi connectivity index (χ2n) is 5.53. The number of nitrogens with zero attached hydrogens (tertiary/aromatic N) is 3. The molecular formula is C14H17N7O3S. The molecular weight excluding hydrogens is 346 g/mol. The smallest absolute Gasteiger partial charge is 0.323 e. The predicted octanol–water partition coefficient (Wildman–Crippen LogP) is 0.681. The number of aromatic nitrogens is 2. The standard InChI is InChI=1S/C14H17N7O3S/c1-21-7-11-12(17-8-18-13(11)19-14(21)22)16-6-9-2-4-10(5-3-9)20-25(15,23)24/h2-5,8,20H,6-7H2,1H3,(H2,15,23,24)(H2,16,17,18,19,22). The lowest BCUT2D eigenvalue weighted by atomic mass is 10.2. The van der Waals surface area contributed by atoms with E-state index in [2.05, 4.69) is 25.3 Å². The molecule has 132 valence electrons. The molecule has 0 radical (unpaired) electrons. The van der Waals surface area contributed by atoms with E-state index in [0.717, 1.165) is 11.1 Å². The fourth-order valence-electron chi connectivity index (χ4n) is 2.37. The Morgan fingerprint density at radius 3 is 2.68 bits per heavy atom. The first kappa shape index (κ1) is 16.9. The van der Waals surface area contributed by atoms with Gasteiger partial charge in [-0.05, 0) is 17.7 Å². The molecule has 0 saturated heterocycles. The summed E-state index contributed by atoms with van der Waals surface area (Å²) in [5, 5.41) is 10.8. The van der Waals surface area contributed by atoms with Gasteiger partial charge in [-0.1, -0.05) is 12.1 Å². The molecule has 11 heteroatoms. The third-order valence-electron chi connectivity index (χ3n) is 3.59. The molecule has 3 rings (SSSR count). The van der Waals surface area contributed by atoms with Gasteiger partial charge in [-0.25, -0.2) is 19.9 Å². The quantitative estimate of drug-likeness (QED) is 0.615. The average molecular weight is 363 g/mol. The van der Waals surface area contributed by atoms with Crippen molar-refractivity contribution in [1.29, 1.82) is 0 Å². The lowest BCUT2D eigenvalue weighted by Gasteiger charge is -2.26. The zero-order valence-corrected chi connectivity index (χ0v) is 14.2. The molecule has 1 aromatic heterocycles. The van der Waals surface area contributed by atoms with Crippen LogP contribution in [0.4, 0.5) is 22.1 Å². The normalized spacial score (nSPS) is 13.8. The van der Waals surface area contributed by atoms with Crippen molar-refractivity contribution < 1.29 is 13.2 Å². The van der Waals surface area contributed by atoms with Crippen molar-refractivity contribution in [3.8, 4) is 0 Å². The van der Waals surface area contributed by atoms with E-state index >= 15 is 0 Å². The molecule has 5 N–H and O–H groups in total. The third-order valence-corrected chi connectivity index (χ3v) is 4.11. The van der Waals surface area contributed by atoms with E-state index in [0.29, 0.717) is 30.4 Å². The molecule has 0 saturated carbocycles. The lowest BCUT2D eigenvalue weighted by molar-refractivity contribution is 0.218. The zero-order chi connectivity index (χ0) is 18.0. The number of anilines is 3. The number of hydrogen-bond donors (Lipinski definition) is 4. The van der Waals surface area contributed by atoms with Gasteiger partial charge in [0.15, 0.2) is 0 Å². The van der Waals surface area contributed by atoms with Crippen LogP contribution in [0, 0.1) is 0 Å². The van der Waals surface area contributed by atoms with Crippen LogP contribution in [0.5, 0.6) is 0 Å². The van der Waals surface area contributed by atoms with Crippen LogP contribution >= 0.6 is 0 Å². The average Bonchev–Trinajstić information content (AvgIpc) is 2.54. The molecule has 1 aliphatic rings. The van der Waals surface area contributed by atoms with E-state index in [1.807, 2.05) is 0 Å². The Bertz CT molecular complexity index is 899. The summed E-state index contributed by atoms with van der Waals surface area (Å²) in [5.74, 6) is 1.12. The number of carbonyl (C=O) groups excluding carboxylic acids is 1. The summed E-state index contributed by atoms with van der Waals surface area (Å²) in [5.41, 5.74) is 2.10. The van der Waals surface area contributed by atoms with Gasteiger partial charge in [0.05, 0.1) is 12.1 Å². The van der Waals surface area contributed by atoms with Crippen LogP contribution in [0.25, 0.3) is 0 Å². The minimum absolute atomic E-state index is 0.213. The van der Waals surface area contributed by atoms with Gasteiger partial charge in [0.2, 0.25) is 0 Å². The van der Waals surface area contributed by atoms with Gasteiger partial charge >= 0.3 is 6.03 Å². The molecule has 2 aromatic rings. The fraction of sp³-hybridized carbons (Fsp3) is 0.214. The van der Waals surface area contributed by atoms with E-state index in [9.17, 15) is 13.2 Å². The second kappa shape index (κ2) is 6.53. The van der Waals surface area contributed by atoms with Crippen LogP contribution in [-0.4, -0.2) is 36.4 Å². The number of fused-ring (bicyclic) bond motifs is 1.